The summed E-state index contributed by atoms with van der Waals surface area (Å²) in [6.45, 7) is 7.56. The third kappa shape index (κ3) is 10.0. The number of aliphatic hydroxyl groups excluding tert-OH is 4. The smallest absolute Gasteiger partial charge is 0.493 e. The molecule has 0 bridgehead atoms. The fourth-order valence-electron chi connectivity index (χ4n) is 8.83. The average molecular weight is 1010 g/mol. The molecule has 0 unspecified atom stereocenters. The van der Waals surface area contributed by atoms with Gasteiger partial charge in [0.05, 0.1) is 55.4 Å². The van der Waals surface area contributed by atoms with Crippen LogP contribution in [0.5, 0.6) is 40.2 Å². The van der Waals surface area contributed by atoms with Gasteiger partial charge in [-0.25, -0.2) is 0 Å². The third-order valence-corrected chi connectivity index (χ3v) is 13.2. The van der Waals surface area contributed by atoms with Crippen LogP contribution in [0.1, 0.15) is 55.0 Å². The Kier molecular flexibility index (Phi) is 13.7. The molecule has 0 spiro atoms. The summed E-state index contributed by atoms with van der Waals surface area (Å²) in [5, 5.41) is 40.9. The lowest BCUT2D eigenvalue weighted by molar-refractivity contribution is -0.277. The van der Waals surface area contributed by atoms with Gasteiger partial charge in [0.25, 0.3) is 11.8 Å². The number of aliphatic hydroxyl groups is 4. The second kappa shape index (κ2) is 19.9. The normalized spacial score (nSPS) is 23.3. The van der Waals surface area contributed by atoms with Crippen LogP contribution in [0.15, 0.2) is 95.0 Å². The first-order valence-corrected chi connectivity index (χ1v) is 23.7. The maximum Gasteiger partial charge on any atom is 0.501 e. The Balaban J connectivity index is 1.02. The molecule has 72 heavy (non-hydrogen) atoms. The number of hydrogen-bond donors (Lipinski definition) is 5. The minimum Gasteiger partial charge on any atom is -0.493 e. The van der Waals surface area contributed by atoms with Crippen molar-refractivity contribution < 1.29 is 80.0 Å². The van der Waals surface area contributed by atoms with Gasteiger partial charge in [0, 0.05) is 43.2 Å². The van der Waals surface area contributed by atoms with Crippen molar-refractivity contribution in [3.05, 3.63) is 113 Å². The van der Waals surface area contributed by atoms with Crippen molar-refractivity contribution >= 4 is 51.9 Å². The molecule has 4 aromatic rings. The molecule has 0 saturated carbocycles. The third-order valence-electron chi connectivity index (χ3n) is 12.4. The number of benzene rings is 4. The standard InChI is InChI=1S/C49H49N5O17S/c1-24-7-29-17-51-34-15-39(37(64-3)13-32(34)47(60)53(29)19-24)66-22-26-9-27(23-67-40-16-35-33(14-38(40)65-4)48(61)54-20-25(2)8-30(54)18-52-35)11-31(10-26)70-72(62,63)71-41-12-28(46(50)59)5-6-36(41)68-49-45(58)44(57)43(56)42(21-55)69-49/h5-6,9-18,29-30,42-45,49,55-58H,1-2,7-8,19-23H2,3-4H3,(H2,50,59)/t29-,30-,42+,43-,44-,45+,49+/m0/s1. The molecule has 22 nitrogen and oxygen atoms in total. The lowest BCUT2D eigenvalue weighted by Gasteiger charge is -2.39. The van der Waals surface area contributed by atoms with E-state index in [1.54, 1.807) is 40.4 Å². The van der Waals surface area contributed by atoms with Crippen LogP contribution in [0.25, 0.3) is 0 Å². The number of carbonyl (C=O) groups is 3. The first-order chi connectivity index (χ1) is 34.4. The highest BCUT2D eigenvalue weighted by Gasteiger charge is 2.45. The zero-order valence-corrected chi connectivity index (χ0v) is 39.5. The van der Waals surface area contributed by atoms with Gasteiger partial charge in [-0.3, -0.25) is 24.4 Å². The van der Waals surface area contributed by atoms with Gasteiger partial charge < -0.3 is 72.7 Å². The molecule has 0 radical (unpaired) electrons. The number of primary amides is 1. The molecule has 5 aliphatic heterocycles. The number of fused-ring (bicyclic) bond motifs is 4. The van der Waals surface area contributed by atoms with Gasteiger partial charge >= 0.3 is 10.4 Å². The van der Waals surface area contributed by atoms with E-state index in [4.69, 9.17) is 42.5 Å². The number of hydrogen-bond acceptors (Lipinski definition) is 19. The highest BCUT2D eigenvalue weighted by atomic mass is 32.3. The van der Waals surface area contributed by atoms with Crippen LogP contribution >= 0.6 is 0 Å². The van der Waals surface area contributed by atoms with Crippen molar-refractivity contribution in [3.63, 3.8) is 0 Å². The van der Waals surface area contributed by atoms with E-state index in [0.717, 1.165) is 29.3 Å². The maximum absolute atomic E-state index is 13.9. The lowest BCUT2D eigenvalue weighted by atomic mass is 9.99. The summed E-state index contributed by atoms with van der Waals surface area (Å²) >= 11 is 0. The van der Waals surface area contributed by atoms with E-state index >= 15 is 0 Å². The van der Waals surface area contributed by atoms with Crippen LogP contribution in [0.4, 0.5) is 11.4 Å². The Bertz CT molecular complexity index is 2920. The second-order valence-electron chi connectivity index (χ2n) is 17.5. The summed E-state index contributed by atoms with van der Waals surface area (Å²) in [6, 6.07) is 13.1. The number of amides is 3. The predicted molar refractivity (Wildman–Crippen MR) is 254 cm³/mol. The van der Waals surface area contributed by atoms with Crippen molar-refractivity contribution in [1.82, 2.24) is 9.80 Å². The summed E-state index contributed by atoms with van der Waals surface area (Å²) in [5.41, 5.74) is 8.99. The Morgan fingerprint density at radius 1 is 0.722 bits per heavy atom. The summed E-state index contributed by atoms with van der Waals surface area (Å²) in [5.74, 6) is -2.12. The molecule has 378 valence electrons. The van der Waals surface area contributed by atoms with E-state index in [1.165, 1.54) is 38.5 Å². The van der Waals surface area contributed by atoms with Gasteiger partial charge in [-0.1, -0.05) is 24.3 Å². The number of carbonyl (C=O) groups excluding carboxylic acids is 3. The Morgan fingerprint density at radius 3 is 1.76 bits per heavy atom. The van der Waals surface area contributed by atoms with Gasteiger partial charge in [-0.2, -0.15) is 0 Å². The summed E-state index contributed by atoms with van der Waals surface area (Å²) in [7, 11) is -2.37. The molecule has 5 aliphatic rings. The van der Waals surface area contributed by atoms with Crippen LogP contribution in [-0.2, 0) is 28.3 Å². The van der Waals surface area contributed by atoms with Gasteiger partial charge in [0.2, 0.25) is 12.2 Å². The molecule has 3 amide bonds. The minimum absolute atomic E-state index is 0.198. The number of aliphatic imine (C=N–C) groups is 2. The highest BCUT2D eigenvalue weighted by Crippen LogP contribution is 2.41. The topological polar surface area (TPSA) is 297 Å². The SMILES string of the molecule is C=C1C[C@H]2C=Nc3cc(OCc4cc(COc5cc6c(cc5OC)C(=O)N5CC(=C)C[C@H]5C=N6)cc(OS(=O)(=O)Oc5cc(C(N)=O)ccc5O[C@@H]5O[C@H](CO)[C@H](O)[C@H](O)[C@H]5O)c4)c(OC)cc3C(=O)N2C1. The Morgan fingerprint density at radius 2 is 1.26 bits per heavy atom. The van der Waals surface area contributed by atoms with Crippen molar-refractivity contribution in [2.45, 2.75) is 68.8 Å². The number of ether oxygens (including phenoxy) is 6. The number of methoxy groups -OCH3 is 2. The van der Waals surface area contributed by atoms with E-state index in [0.29, 0.717) is 59.6 Å². The zero-order valence-electron chi connectivity index (χ0n) is 38.7. The Hall–Kier alpha value is -7.54. The quantitative estimate of drug-likeness (QED) is 0.101. The first kappa shape index (κ1) is 49.4. The lowest BCUT2D eigenvalue weighted by Crippen LogP contribution is -2.60. The molecule has 0 aliphatic carbocycles. The monoisotopic (exact) mass is 1010 g/mol. The number of rotatable bonds is 16. The first-order valence-electron chi connectivity index (χ1n) is 22.3. The summed E-state index contributed by atoms with van der Waals surface area (Å²) in [6.07, 6.45) is -4.10. The van der Waals surface area contributed by atoms with Crippen molar-refractivity contribution in [3.8, 4) is 40.2 Å². The van der Waals surface area contributed by atoms with Crippen molar-refractivity contribution in [2.75, 3.05) is 33.9 Å². The minimum atomic E-state index is -5.19. The molecule has 6 N–H and O–H groups in total. The zero-order chi connectivity index (χ0) is 51.2. The van der Waals surface area contributed by atoms with E-state index < -0.39 is 65.1 Å². The van der Waals surface area contributed by atoms with E-state index in [9.17, 15) is 43.2 Å². The van der Waals surface area contributed by atoms with Gasteiger partial charge in [-0.15, -0.1) is 8.42 Å². The fraction of sp³-hybridized carbons (Fsp3) is 0.327. The van der Waals surface area contributed by atoms with E-state index in [-0.39, 0.29) is 71.4 Å². The van der Waals surface area contributed by atoms with Crippen molar-refractivity contribution in [1.29, 1.82) is 0 Å². The van der Waals surface area contributed by atoms with Crippen molar-refractivity contribution in [2.24, 2.45) is 15.7 Å². The molecular weight excluding hydrogens is 963 g/mol. The molecular formula is C49H49N5O17S. The number of nitrogens with zero attached hydrogens (tertiary/aromatic N) is 4. The molecule has 0 aromatic heterocycles. The maximum atomic E-state index is 13.9. The van der Waals surface area contributed by atoms with Gasteiger partial charge in [0.15, 0.2) is 34.5 Å². The van der Waals surface area contributed by atoms with Gasteiger partial charge in [0.1, 0.15) is 43.4 Å². The predicted octanol–water partition coefficient (Wildman–Crippen LogP) is 2.82. The molecule has 23 heteroatoms. The highest BCUT2D eigenvalue weighted by molar-refractivity contribution is 7.82. The molecule has 3 fully saturated rings. The second-order valence-corrected chi connectivity index (χ2v) is 18.6. The van der Waals surface area contributed by atoms with E-state index in [1.807, 2.05) is 0 Å². The van der Waals surface area contributed by atoms with Crippen LogP contribution in [0, 0.1) is 0 Å². The molecule has 9 rings (SSSR count). The summed E-state index contributed by atoms with van der Waals surface area (Å²) < 4.78 is 73.4. The largest absolute Gasteiger partial charge is 0.501 e. The Labute approximate surface area is 412 Å². The van der Waals surface area contributed by atoms with Crippen LogP contribution < -0.4 is 37.8 Å². The molecule has 7 atom stereocenters. The molecule has 3 saturated heterocycles. The molecule has 5 heterocycles. The average Bonchev–Trinajstić information content (AvgIpc) is 3.86. The van der Waals surface area contributed by atoms with Crippen LogP contribution in [0.3, 0.4) is 0 Å². The molecule has 4 aromatic carbocycles. The van der Waals surface area contributed by atoms with Gasteiger partial charge in [-0.05, 0) is 72.5 Å². The fourth-order valence-corrected chi connectivity index (χ4v) is 9.55. The van der Waals surface area contributed by atoms with E-state index in [2.05, 4.69) is 23.1 Å². The van der Waals surface area contributed by atoms with Crippen LogP contribution in [0.2, 0.25) is 0 Å². The summed E-state index contributed by atoms with van der Waals surface area (Å²) in [4.78, 5) is 52.0. The van der Waals surface area contributed by atoms with Crippen LogP contribution in [-0.4, -0.2) is 146 Å². The number of nitrogens with two attached hydrogens (primary N) is 1.